The maximum atomic E-state index is 13.8. The Morgan fingerprint density at radius 3 is 2.92 bits per heavy atom. The van der Waals surface area contributed by atoms with E-state index in [0.717, 1.165) is 26.1 Å². The van der Waals surface area contributed by atoms with Gasteiger partial charge in [-0.2, -0.15) is 0 Å². The van der Waals surface area contributed by atoms with Crippen LogP contribution in [0.2, 0.25) is 0 Å². The van der Waals surface area contributed by atoms with Crippen molar-refractivity contribution in [2.24, 2.45) is 5.92 Å². The molecule has 0 radical (unpaired) electrons. The Hall–Kier alpha value is -1.17. The lowest BCUT2D eigenvalue weighted by Gasteiger charge is -2.47. The third-order valence-electron chi connectivity index (χ3n) is 6.96. The molecule has 3 aliphatic heterocycles. The number of fused-ring (bicyclic) bond motifs is 1. The molecule has 3 saturated heterocycles. The van der Waals surface area contributed by atoms with Gasteiger partial charge in [0.25, 0.3) is 0 Å². The molecule has 0 unspecified atom stereocenters. The van der Waals surface area contributed by atoms with E-state index in [-0.39, 0.29) is 29.3 Å². The molecular formula is C20H27FN2O2. The molecule has 0 aromatic heterocycles. The molecule has 4 atom stereocenters. The Labute approximate surface area is 148 Å². The van der Waals surface area contributed by atoms with Gasteiger partial charge < -0.3 is 15.2 Å². The molecule has 1 spiro atoms. The molecule has 2 bridgehead atoms. The zero-order chi connectivity index (χ0) is 17.0. The fourth-order valence-electron chi connectivity index (χ4n) is 5.83. The molecule has 1 aliphatic carbocycles. The number of phenolic OH excluding ortho intramolecular Hbond substituents is 1. The van der Waals surface area contributed by atoms with Crippen molar-refractivity contribution in [3.8, 4) is 5.75 Å². The number of halogens is 1. The second kappa shape index (κ2) is 5.93. The van der Waals surface area contributed by atoms with Gasteiger partial charge in [0.15, 0.2) is 0 Å². The van der Waals surface area contributed by atoms with Crippen molar-refractivity contribution < 1.29 is 14.2 Å². The van der Waals surface area contributed by atoms with E-state index in [1.807, 2.05) is 0 Å². The molecule has 1 saturated carbocycles. The molecule has 4 nitrogen and oxygen atoms in total. The van der Waals surface area contributed by atoms with Gasteiger partial charge in [-0.05, 0) is 37.5 Å². The number of nitrogens with zero attached hydrogens (tertiary/aromatic N) is 1. The first-order valence-electron chi connectivity index (χ1n) is 9.79. The zero-order valence-electron chi connectivity index (χ0n) is 14.6. The molecule has 0 amide bonds. The summed E-state index contributed by atoms with van der Waals surface area (Å²) in [4.78, 5) is 2.64. The number of benzene rings is 1. The molecule has 1 aromatic rings. The van der Waals surface area contributed by atoms with Crippen LogP contribution in [-0.4, -0.2) is 47.4 Å². The summed E-state index contributed by atoms with van der Waals surface area (Å²) in [5.74, 6) is 0.304. The van der Waals surface area contributed by atoms with E-state index in [4.69, 9.17) is 4.74 Å². The standard InChI is InChI=1S/C20H27FN2O2/c21-14-6-7-18(24)17(9-14)19-20-12-23(15-4-2-1-3-5-15)11-16(25-20)8-13(20)10-22-19/h6-7,9,13,15-16,19,22,24H,1-5,8,10-12H2/t13-,16-,19+,20-/m1/s1. The van der Waals surface area contributed by atoms with Gasteiger partial charge in [-0.25, -0.2) is 4.39 Å². The van der Waals surface area contributed by atoms with Gasteiger partial charge in [0.1, 0.15) is 17.2 Å². The number of likely N-dealkylation sites (tertiary alicyclic amines) is 1. The van der Waals surface area contributed by atoms with Crippen LogP contribution in [0.4, 0.5) is 4.39 Å². The normalized spacial score (nSPS) is 38.8. The number of phenols is 1. The van der Waals surface area contributed by atoms with Crippen molar-refractivity contribution in [3.05, 3.63) is 29.6 Å². The van der Waals surface area contributed by atoms with E-state index in [1.165, 1.54) is 50.3 Å². The SMILES string of the molecule is Oc1ccc(F)cc1[C@@H]1NC[C@H]2C[C@@H]3CN(C4CCCCC4)C[C@@]21O3. The first-order valence-corrected chi connectivity index (χ1v) is 9.79. The fourth-order valence-corrected chi connectivity index (χ4v) is 5.83. The smallest absolute Gasteiger partial charge is 0.123 e. The van der Waals surface area contributed by atoms with E-state index in [2.05, 4.69) is 10.2 Å². The summed E-state index contributed by atoms with van der Waals surface area (Å²) in [7, 11) is 0. The van der Waals surface area contributed by atoms with Gasteiger partial charge >= 0.3 is 0 Å². The van der Waals surface area contributed by atoms with E-state index in [1.54, 1.807) is 0 Å². The molecular weight excluding hydrogens is 319 g/mol. The lowest BCUT2D eigenvalue weighted by Crippen LogP contribution is -2.57. The predicted octanol–water partition coefficient (Wildman–Crippen LogP) is 2.97. The highest BCUT2D eigenvalue weighted by atomic mass is 19.1. The summed E-state index contributed by atoms with van der Waals surface area (Å²) in [6.07, 6.45) is 7.95. The van der Waals surface area contributed by atoms with Crippen molar-refractivity contribution in [1.82, 2.24) is 10.2 Å². The van der Waals surface area contributed by atoms with Crippen molar-refractivity contribution in [2.45, 2.75) is 62.3 Å². The zero-order valence-corrected chi connectivity index (χ0v) is 14.6. The Morgan fingerprint density at radius 2 is 2.08 bits per heavy atom. The maximum Gasteiger partial charge on any atom is 0.123 e. The van der Waals surface area contributed by atoms with E-state index >= 15 is 0 Å². The van der Waals surface area contributed by atoms with Crippen LogP contribution in [0.3, 0.4) is 0 Å². The molecule has 5 heteroatoms. The van der Waals surface area contributed by atoms with Gasteiger partial charge in [0.05, 0.1) is 12.1 Å². The molecule has 4 fully saturated rings. The molecule has 2 N–H and O–H groups in total. The number of morpholine rings is 1. The largest absolute Gasteiger partial charge is 0.508 e. The maximum absolute atomic E-state index is 13.8. The molecule has 1 aromatic carbocycles. The van der Waals surface area contributed by atoms with Crippen LogP contribution in [0.5, 0.6) is 5.75 Å². The average molecular weight is 346 g/mol. The van der Waals surface area contributed by atoms with Crippen molar-refractivity contribution in [1.29, 1.82) is 0 Å². The quantitative estimate of drug-likeness (QED) is 0.864. The lowest BCUT2D eigenvalue weighted by atomic mass is 9.81. The number of aromatic hydroxyl groups is 1. The van der Waals surface area contributed by atoms with Crippen LogP contribution >= 0.6 is 0 Å². The highest BCUT2D eigenvalue weighted by Crippen LogP contribution is 2.53. The van der Waals surface area contributed by atoms with Crippen molar-refractivity contribution >= 4 is 0 Å². The highest BCUT2D eigenvalue weighted by Gasteiger charge is 2.61. The Morgan fingerprint density at radius 1 is 1.24 bits per heavy atom. The summed E-state index contributed by atoms with van der Waals surface area (Å²) in [5.41, 5.74) is 0.319. The van der Waals surface area contributed by atoms with Crippen molar-refractivity contribution in [2.75, 3.05) is 19.6 Å². The van der Waals surface area contributed by atoms with Gasteiger partial charge in [-0.15, -0.1) is 0 Å². The fraction of sp³-hybridized carbons (Fsp3) is 0.700. The van der Waals surface area contributed by atoms with Gasteiger partial charge in [-0.1, -0.05) is 19.3 Å². The number of ether oxygens (including phenoxy) is 1. The van der Waals surface area contributed by atoms with Gasteiger partial charge in [0.2, 0.25) is 0 Å². The third-order valence-corrected chi connectivity index (χ3v) is 6.96. The average Bonchev–Trinajstić information content (AvgIpc) is 3.07. The highest BCUT2D eigenvalue weighted by molar-refractivity contribution is 5.39. The van der Waals surface area contributed by atoms with Crippen LogP contribution in [0.25, 0.3) is 0 Å². The van der Waals surface area contributed by atoms with Crippen LogP contribution in [0.15, 0.2) is 18.2 Å². The first-order chi connectivity index (χ1) is 12.2. The Kier molecular flexibility index (Phi) is 3.80. The van der Waals surface area contributed by atoms with Crippen LogP contribution in [-0.2, 0) is 4.74 Å². The Bertz CT molecular complexity index is 663. The number of rotatable bonds is 2. The molecule has 3 heterocycles. The van der Waals surface area contributed by atoms with Crippen LogP contribution < -0.4 is 5.32 Å². The lowest BCUT2D eigenvalue weighted by molar-refractivity contribution is -0.137. The minimum atomic E-state index is -0.328. The predicted molar refractivity (Wildman–Crippen MR) is 93.0 cm³/mol. The monoisotopic (exact) mass is 346 g/mol. The van der Waals surface area contributed by atoms with E-state index in [0.29, 0.717) is 17.5 Å². The number of hydrogen-bond donors (Lipinski definition) is 2. The second-order valence-electron chi connectivity index (χ2n) is 8.39. The van der Waals surface area contributed by atoms with Crippen molar-refractivity contribution in [3.63, 3.8) is 0 Å². The summed E-state index contributed by atoms with van der Waals surface area (Å²) >= 11 is 0. The van der Waals surface area contributed by atoms with Gasteiger partial charge in [0, 0.05) is 37.2 Å². The minimum absolute atomic E-state index is 0.135. The summed E-state index contributed by atoms with van der Waals surface area (Å²) in [6, 6.07) is 4.78. The van der Waals surface area contributed by atoms with E-state index in [9.17, 15) is 9.50 Å². The second-order valence-corrected chi connectivity index (χ2v) is 8.39. The Balaban J connectivity index is 1.48. The van der Waals surface area contributed by atoms with Gasteiger partial charge in [-0.3, -0.25) is 4.90 Å². The van der Waals surface area contributed by atoms with Crippen LogP contribution in [0.1, 0.15) is 50.1 Å². The van der Waals surface area contributed by atoms with E-state index < -0.39 is 0 Å². The molecule has 4 aliphatic rings. The summed E-state index contributed by atoms with van der Waals surface area (Å²) in [5, 5.41) is 13.9. The topological polar surface area (TPSA) is 44.7 Å². The molecule has 5 rings (SSSR count). The number of nitrogens with one attached hydrogen (secondary N) is 1. The number of hydrogen-bond acceptors (Lipinski definition) is 4. The molecule has 25 heavy (non-hydrogen) atoms. The first kappa shape index (κ1) is 16.0. The summed E-state index contributed by atoms with van der Waals surface area (Å²) in [6.45, 7) is 2.81. The summed E-state index contributed by atoms with van der Waals surface area (Å²) < 4.78 is 20.4. The third kappa shape index (κ3) is 2.51. The minimum Gasteiger partial charge on any atom is -0.508 e. The van der Waals surface area contributed by atoms with Crippen LogP contribution in [0, 0.1) is 11.7 Å². The molecule has 136 valence electrons.